The maximum Gasteiger partial charge on any atom is 0.279 e. The van der Waals surface area contributed by atoms with Gasteiger partial charge in [-0.25, -0.2) is 0 Å². The van der Waals surface area contributed by atoms with Crippen molar-refractivity contribution in [2.24, 2.45) is 0 Å². The number of nitro groups is 1. The van der Waals surface area contributed by atoms with Gasteiger partial charge in [0, 0.05) is 16.8 Å². The topological polar surface area (TPSA) is 65.3 Å². The van der Waals surface area contributed by atoms with Gasteiger partial charge in [-0.05, 0) is 28.1 Å². The van der Waals surface area contributed by atoms with Crippen molar-refractivity contribution in [3.05, 3.63) is 56.5 Å². The highest BCUT2D eigenvalue weighted by atomic mass is 79.9. The van der Waals surface area contributed by atoms with Crippen molar-refractivity contribution in [1.29, 1.82) is 0 Å². The van der Waals surface area contributed by atoms with Crippen LogP contribution in [-0.4, -0.2) is 9.91 Å². The molecule has 0 saturated carbocycles. The zero-order valence-electron chi connectivity index (χ0n) is 9.95. The minimum absolute atomic E-state index is 0.0632. The molecular weight excluding hydrogens is 344 g/mol. The molecule has 3 aromatic rings. The normalized spacial score (nSPS) is 10.7. The molecule has 0 saturated heterocycles. The Morgan fingerprint density at radius 2 is 1.95 bits per heavy atom. The summed E-state index contributed by atoms with van der Waals surface area (Å²) in [6.45, 7) is 0. The maximum absolute atomic E-state index is 11.0. The zero-order chi connectivity index (χ0) is 14.1. The number of nitrogens with zero attached hydrogens (tertiary/aromatic N) is 2. The Kier molecular flexibility index (Phi) is 3.37. The largest absolute Gasteiger partial charge is 0.430 e. The molecule has 0 radical (unpaired) electrons. The standard InChI is InChI=1S/C13H7BrN2O3S/c14-12-7-20-13(15-12)19-11-6-5-10(16(17)18)8-3-1-2-4-9(8)11/h1-7H. The molecule has 0 N–H and O–H groups in total. The molecule has 3 rings (SSSR count). The molecule has 0 aliphatic carbocycles. The second kappa shape index (κ2) is 5.18. The van der Waals surface area contributed by atoms with E-state index >= 15 is 0 Å². The Morgan fingerprint density at radius 3 is 2.60 bits per heavy atom. The first-order valence-electron chi connectivity index (χ1n) is 5.60. The SMILES string of the molecule is O=[N+]([O-])c1ccc(Oc2nc(Br)cs2)c2ccccc12. The predicted octanol–water partition coefficient (Wildman–Crippen LogP) is 4.76. The summed E-state index contributed by atoms with van der Waals surface area (Å²) in [7, 11) is 0. The van der Waals surface area contributed by atoms with Gasteiger partial charge in [-0.3, -0.25) is 10.1 Å². The maximum atomic E-state index is 11.0. The van der Waals surface area contributed by atoms with E-state index in [9.17, 15) is 10.1 Å². The number of rotatable bonds is 3. The molecule has 1 heterocycles. The van der Waals surface area contributed by atoms with Gasteiger partial charge in [-0.2, -0.15) is 4.98 Å². The first-order valence-corrected chi connectivity index (χ1v) is 7.27. The number of hydrogen-bond donors (Lipinski definition) is 0. The molecule has 7 heteroatoms. The molecule has 0 spiro atoms. The number of aromatic nitrogens is 1. The minimum atomic E-state index is -0.397. The second-order valence-electron chi connectivity index (χ2n) is 3.92. The van der Waals surface area contributed by atoms with Crippen molar-refractivity contribution in [3.8, 4) is 10.9 Å². The first-order chi connectivity index (χ1) is 9.65. The molecule has 0 bridgehead atoms. The van der Waals surface area contributed by atoms with E-state index in [2.05, 4.69) is 20.9 Å². The number of hydrogen-bond acceptors (Lipinski definition) is 5. The number of nitro benzene ring substituents is 1. The van der Waals surface area contributed by atoms with Crippen LogP contribution >= 0.6 is 27.3 Å². The van der Waals surface area contributed by atoms with Crippen LogP contribution in [0.4, 0.5) is 5.69 Å². The van der Waals surface area contributed by atoms with Crippen molar-refractivity contribution >= 4 is 43.7 Å². The number of non-ortho nitro benzene ring substituents is 1. The third-order valence-corrected chi connectivity index (χ3v) is 4.14. The lowest BCUT2D eigenvalue weighted by molar-refractivity contribution is -0.383. The zero-order valence-corrected chi connectivity index (χ0v) is 12.3. The van der Waals surface area contributed by atoms with E-state index in [0.29, 0.717) is 26.3 Å². The number of ether oxygens (including phenoxy) is 1. The summed E-state index contributed by atoms with van der Waals surface area (Å²) < 4.78 is 6.40. The lowest BCUT2D eigenvalue weighted by Gasteiger charge is -2.06. The molecule has 0 unspecified atom stereocenters. The van der Waals surface area contributed by atoms with Crippen molar-refractivity contribution in [2.45, 2.75) is 0 Å². The Balaban J connectivity index is 2.12. The highest BCUT2D eigenvalue weighted by Gasteiger charge is 2.15. The lowest BCUT2D eigenvalue weighted by Crippen LogP contribution is -1.91. The third kappa shape index (κ3) is 2.37. The lowest BCUT2D eigenvalue weighted by atomic mass is 10.1. The van der Waals surface area contributed by atoms with E-state index < -0.39 is 4.92 Å². The quantitative estimate of drug-likeness (QED) is 0.504. The molecule has 0 amide bonds. The molecule has 5 nitrogen and oxygen atoms in total. The van der Waals surface area contributed by atoms with E-state index in [1.165, 1.54) is 17.4 Å². The van der Waals surface area contributed by atoms with Gasteiger partial charge in [0.2, 0.25) is 0 Å². The molecule has 2 aromatic carbocycles. The van der Waals surface area contributed by atoms with E-state index in [1.54, 1.807) is 24.3 Å². The molecule has 100 valence electrons. The summed E-state index contributed by atoms with van der Waals surface area (Å²) in [6.07, 6.45) is 0. The number of thiazole rings is 1. The average Bonchev–Trinajstić information content (AvgIpc) is 2.84. The molecule has 0 aliphatic heterocycles. The van der Waals surface area contributed by atoms with Crippen molar-refractivity contribution in [3.63, 3.8) is 0 Å². The molecule has 0 fully saturated rings. The van der Waals surface area contributed by atoms with Gasteiger partial charge in [-0.15, -0.1) is 0 Å². The van der Waals surface area contributed by atoms with E-state index in [4.69, 9.17) is 4.74 Å². The molecule has 1 aromatic heterocycles. The fraction of sp³-hybridized carbons (Fsp3) is 0. The van der Waals surface area contributed by atoms with Gasteiger partial charge in [-0.1, -0.05) is 29.5 Å². The van der Waals surface area contributed by atoms with Crippen LogP contribution in [0, 0.1) is 10.1 Å². The van der Waals surface area contributed by atoms with Gasteiger partial charge >= 0.3 is 0 Å². The molecule has 0 atom stereocenters. The number of benzene rings is 2. The smallest absolute Gasteiger partial charge is 0.279 e. The van der Waals surface area contributed by atoms with Gasteiger partial charge in [0.25, 0.3) is 10.9 Å². The van der Waals surface area contributed by atoms with Crippen LogP contribution in [0.1, 0.15) is 0 Å². The molecule has 20 heavy (non-hydrogen) atoms. The van der Waals surface area contributed by atoms with Crippen LogP contribution in [0.3, 0.4) is 0 Å². The number of halogens is 1. The van der Waals surface area contributed by atoms with Crippen LogP contribution in [0.5, 0.6) is 10.9 Å². The van der Waals surface area contributed by atoms with Crippen LogP contribution in [-0.2, 0) is 0 Å². The monoisotopic (exact) mass is 350 g/mol. The van der Waals surface area contributed by atoms with Crippen LogP contribution in [0.2, 0.25) is 0 Å². The third-order valence-electron chi connectivity index (χ3n) is 2.71. The van der Waals surface area contributed by atoms with Crippen LogP contribution in [0.15, 0.2) is 46.4 Å². The molecule has 0 aliphatic rings. The average molecular weight is 351 g/mol. The van der Waals surface area contributed by atoms with Crippen molar-refractivity contribution < 1.29 is 9.66 Å². The molecular formula is C13H7BrN2O3S. The summed E-state index contributed by atoms with van der Waals surface area (Å²) in [4.78, 5) is 14.8. The summed E-state index contributed by atoms with van der Waals surface area (Å²) in [5.41, 5.74) is 0.0632. The summed E-state index contributed by atoms with van der Waals surface area (Å²) in [5, 5.41) is 14.6. The van der Waals surface area contributed by atoms with Gasteiger partial charge in [0.05, 0.1) is 10.3 Å². The van der Waals surface area contributed by atoms with Crippen LogP contribution < -0.4 is 4.74 Å². The summed E-state index contributed by atoms with van der Waals surface area (Å²) >= 11 is 4.61. The fourth-order valence-corrected chi connectivity index (χ4v) is 2.98. The Morgan fingerprint density at radius 1 is 1.20 bits per heavy atom. The van der Waals surface area contributed by atoms with Gasteiger partial charge in [0.1, 0.15) is 10.4 Å². The summed E-state index contributed by atoms with van der Waals surface area (Å²) in [6, 6.07) is 10.1. The Labute approximate surface area is 126 Å². The fourth-order valence-electron chi connectivity index (χ4n) is 1.88. The van der Waals surface area contributed by atoms with Crippen LogP contribution in [0.25, 0.3) is 10.8 Å². The highest BCUT2D eigenvalue weighted by Crippen LogP contribution is 2.36. The Bertz CT molecular complexity index is 803. The van der Waals surface area contributed by atoms with E-state index in [1.807, 2.05) is 11.4 Å². The second-order valence-corrected chi connectivity index (χ2v) is 5.56. The number of fused-ring (bicyclic) bond motifs is 1. The van der Waals surface area contributed by atoms with E-state index in [0.717, 1.165) is 0 Å². The van der Waals surface area contributed by atoms with E-state index in [-0.39, 0.29) is 5.69 Å². The predicted molar refractivity (Wildman–Crippen MR) is 80.5 cm³/mol. The van der Waals surface area contributed by atoms with Gasteiger partial charge in [0.15, 0.2) is 0 Å². The van der Waals surface area contributed by atoms with Gasteiger partial charge < -0.3 is 4.74 Å². The first kappa shape index (κ1) is 13.0. The summed E-state index contributed by atoms with van der Waals surface area (Å²) in [5.74, 6) is 0.549. The van der Waals surface area contributed by atoms with Crippen molar-refractivity contribution in [1.82, 2.24) is 4.98 Å². The van der Waals surface area contributed by atoms with Crippen molar-refractivity contribution in [2.75, 3.05) is 0 Å². The highest BCUT2D eigenvalue weighted by molar-refractivity contribution is 9.10. The minimum Gasteiger partial charge on any atom is -0.430 e. The Hall–Kier alpha value is -1.99.